The molecule has 2 heterocycles. The minimum atomic E-state index is -1.83. The maximum atomic E-state index is 9.92. The lowest BCUT2D eigenvalue weighted by molar-refractivity contribution is 0.242. The summed E-state index contributed by atoms with van der Waals surface area (Å²) in [5.74, 6) is 0.497. The van der Waals surface area contributed by atoms with Gasteiger partial charge in [-0.05, 0) is 41.4 Å². The molecule has 11 nitrogen and oxygen atoms in total. The van der Waals surface area contributed by atoms with E-state index in [9.17, 15) is 15.3 Å². The minimum Gasteiger partial charge on any atom is -0.490 e. The molecule has 3 rings (SSSR count). The summed E-state index contributed by atoms with van der Waals surface area (Å²) in [6.07, 6.45) is 1.55. The van der Waals surface area contributed by atoms with Gasteiger partial charge < -0.3 is 31.6 Å². The van der Waals surface area contributed by atoms with Gasteiger partial charge in [0, 0.05) is 11.0 Å². The number of halogens is 1. The zero-order valence-corrected chi connectivity index (χ0v) is 18.1. The van der Waals surface area contributed by atoms with E-state index in [0.717, 1.165) is 0 Å². The van der Waals surface area contributed by atoms with Crippen LogP contribution in [0.4, 0.5) is 17.3 Å². The van der Waals surface area contributed by atoms with Crippen molar-refractivity contribution in [3.63, 3.8) is 0 Å². The third-order valence-electron chi connectivity index (χ3n) is 4.40. The number of guanidine groups is 1. The van der Waals surface area contributed by atoms with Crippen molar-refractivity contribution in [1.82, 2.24) is 10.3 Å². The number of nitrogens with zero attached hydrogens (tertiary/aromatic N) is 4. The molecule has 8 N–H and O–H groups in total. The lowest BCUT2D eigenvalue weighted by atomic mass is 9.77. The van der Waals surface area contributed by atoms with Gasteiger partial charge in [-0.25, -0.2) is 9.98 Å². The molecule has 31 heavy (non-hydrogen) atoms. The van der Waals surface area contributed by atoms with Crippen molar-refractivity contribution in [2.24, 2.45) is 4.99 Å². The third kappa shape index (κ3) is 4.20. The maximum absolute atomic E-state index is 9.92. The van der Waals surface area contributed by atoms with Crippen molar-refractivity contribution < 1.29 is 14.8 Å². The molecule has 0 radical (unpaired) electrons. The van der Waals surface area contributed by atoms with Gasteiger partial charge in [-0.3, -0.25) is 5.32 Å². The van der Waals surface area contributed by atoms with E-state index in [2.05, 4.69) is 36.5 Å². The number of nitrogens with one attached hydrogen (secondary N) is 2. The number of fused-ring (bicyclic) bond motifs is 1. The largest absolute Gasteiger partial charge is 0.492 e. The zero-order chi connectivity index (χ0) is 22.9. The lowest BCUT2D eigenvalue weighted by Gasteiger charge is -2.27. The van der Waals surface area contributed by atoms with Crippen LogP contribution in [0.25, 0.3) is 0 Å². The van der Waals surface area contributed by atoms with E-state index in [0.29, 0.717) is 15.6 Å². The van der Waals surface area contributed by atoms with Crippen LogP contribution in [-0.2, 0) is 0 Å². The number of benzene rings is 1. The van der Waals surface area contributed by atoms with Gasteiger partial charge in [-0.15, -0.1) is 0 Å². The van der Waals surface area contributed by atoms with E-state index < -0.39 is 13.2 Å². The van der Waals surface area contributed by atoms with Gasteiger partial charge in [0.15, 0.2) is 6.19 Å². The second-order valence-corrected chi connectivity index (χ2v) is 7.72. The van der Waals surface area contributed by atoms with Gasteiger partial charge in [0.25, 0.3) is 0 Å². The van der Waals surface area contributed by atoms with Crippen LogP contribution in [-0.4, -0.2) is 34.2 Å². The van der Waals surface area contributed by atoms with Crippen LogP contribution in [0.5, 0.6) is 5.75 Å². The van der Waals surface area contributed by atoms with Crippen LogP contribution in [0.15, 0.2) is 21.6 Å². The van der Waals surface area contributed by atoms with Crippen molar-refractivity contribution >= 4 is 51.8 Å². The standard InChI is InChI=1S/C18H18BBrN8O3/c1-7(2)31-15-10(19(29)30)3-8(4-11(15)20)14-12-13(23)9(5-21)16(24)27-17(12)28-18(26-14)25-6-22/h3-4,7,14,29-30H,1-2H3,(H6,23,24,25,26,27,28). The van der Waals surface area contributed by atoms with Gasteiger partial charge in [-0.1, -0.05) is 6.07 Å². The highest BCUT2D eigenvalue weighted by atomic mass is 79.9. The average molecular weight is 485 g/mol. The molecule has 0 amide bonds. The van der Waals surface area contributed by atoms with E-state index in [1.54, 1.807) is 26.1 Å². The Bertz CT molecular complexity index is 1160. The Morgan fingerprint density at radius 1 is 1.32 bits per heavy atom. The second-order valence-electron chi connectivity index (χ2n) is 6.86. The Morgan fingerprint density at radius 3 is 2.61 bits per heavy atom. The molecule has 1 aliphatic heterocycles. The van der Waals surface area contributed by atoms with Crippen molar-refractivity contribution in [1.29, 1.82) is 10.5 Å². The Hall–Kier alpha value is -3.52. The molecule has 0 saturated carbocycles. The molecule has 1 atom stereocenters. The SMILES string of the molecule is CC(C)Oc1c(Br)cc(C2N=C(NC#N)Nc3nc(N)c(C#N)c(N)c32)cc1B(O)O. The molecule has 1 aromatic carbocycles. The monoisotopic (exact) mass is 484 g/mol. The molecule has 2 aromatic rings. The summed E-state index contributed by atoms with van der Waals surface area (Å²) in [5.41, 5.74) is 13.1. The number of pyridine rings is 1. The summed E-state index contributed by atoms with van der Waals surface area (Å²) in [6, 6.07) is 4.27. The van der Waals surface area contributed by atoms with Gasteiger partial charge in [0.05, 0.1) is 16.3 Å². The van der Waals surface area contributed by atoms with Crippen molar-refractivity contribution in [3.8, 4) is 18.0 Å². The van der Waals surface area contributed by atoms with Crippen LogP contribution in [0, 0.1) is 22.8 Å². The number of nitriles is 2. The molecular formula is C18H18BBrN8O3. The number of rotatable bonds is 4. The molecule has 1 aromatic heterocycles. The first kappa shape index (κ1) is 22.2. The first-order valence-corrected chi connectivity index (χ1v) is 9.82. The summed E-state index contributed by atoms with van der Waals surface area (Å²) in [6.45, 7) is 3.61. The van der Waals surface area contributed by atoms with Crippen molar-refractivity contribution in [3.05, 3.63) is 33.3 Å². The van der Waals surface area contributed by atoms with Crippen molar-refractivity contribution in [2.75, 3.05) is 16.8 Å². The second kappa shape index (κ2) is 8.69. The Kier molecular flexibility index (Phi) is 6.22. The molecule has 0 spiro atoms. The summed E-state index contributed by atoms with van der Waals surface area (Å²) in [7, 11) is -1.83. The van der Waals surface area contributed by atoms with Gasteiger partial charge >= 0.3 is 7.12 Å². The zero-order valence-electron chi connectivity index (χ0n) is 16.5. The lowest BCUT2D eigenvalue weighted by Crippen LogP contribution is -2.35. The molecule has 0 bridgehead atoms. The smallest absolute Gasteiger partial charge is 0.490 e. The summed E-state index contributed by atoms with van der Waals surface area (Å²) >= 11 is 3.41. The highest BCUT2D eigenvalue weighted by Crippen LogP contribution is 2.41. The van der Waals surface area contributed by atoms with Gasteiger partial charge in [0.2, 0.25) is 5.96 Å². The topological polar surface area (TPSA) is 199 Å². The van der Waals surface area contributed by atoms with Crippen molar-refractivity contribution in [2.45, 2.75) is 26.0 Å². The molecule has 158 valence electrons. The Morgan fingerprint density at radius 2 is 2.03 bits per heavy atom. The number of aliphatic imine (C=N–C) groups is 1. The van der Waals surface area contributed by atoms with Crippen LogP contribution in [0.2, 0.25) is 0 Å². The summed E-state index contributed by atoms with van der Waals surface area (Å²) < 4.78 is 6.17. The fourth-order valence-electron chi connectivity index (χ4n) is 3.17. The number of nitrogens with two attached hydrogens (primary N) is 2. The summed E-state index contributed by atoms with van der Waals surface area (Å²) in [4.78, 5) is 8.65. The fraction of sp³-hybridized carbons (Fsp3) is 0.222. The molecule has 1 unspecified atom stereocenters. The number of hydrogen-bond acceptors (Lipinski definition) is 11. The maximum Gasteiger partial charge on any atom is 0.492 e. The van der Waals surface area contributed by atoms with E-state index in [-0.39, 0.29) is 46.2 Å². The first-order chi connectivity index (χ1) is 14.7. The van der Waals surface area contributed by atoms with E-state index >= 15 is 0 Å². The normalized spacial score (nSPS) is 14.6. The molecule has 1 aliphatic rings. The fourth-order valence-corrected chi connectivity index (χ4v) is 3.76. The predicted molar refractivity (Wildman–Crippen MR) is 119 cm³/mol. The van der Waals surface area contributed by atoms with E-state index in [4.69, 9.17) is 21.5 Å². The van der Waals surface area contributed by atoms with E-state index in [1.165, 1.54) is 6.07 Å². The first-order valence-electron chi connectivity index (χ1n) is 9.02. The average Bonchev–Trinajstić information content (AvgIpc) is 2.68. The minimum absolute atomic E-state index is 0.00122. The number of aromatic nitrogens is 1. The number of anilines is 3. The van der Waals surface area contributed by atoms with Crippen LogP contribution < -0.4 is 32.3 Å². The van der Waals surface area contributed by atoms with Crippen LogP contribution in [0.1, 0.15) is 36.6 Å². The Labute approximate surface area is 186 Å². The van der Waals surface area contributed by atoms with Crippen LogP contribution in [0.3, 0.4) is 0 Å². The molecule has 0 saturated heterocycles. The highest BCUT2D eigenvalue weighted by molar-refractivity contribution is 9.10. The predicted octanol–water partition coefficient (Wildman–Crippen LogP) is 0.289. The van der Waals surface area contributed by atoms with Gasteiger partial charge in [-0.2, -0.15) is 10.5 Å². The molecule has 13 heteroatoms. The number of hydrogen-bond donors (Lipinski definition) is 6. The molecule has 0 aliphatic carbocycles. The third-order valence-corrected chi connectivity index (χ3v) is 4.99. The van der Waals surface area contributed by atoms with Crippen LogP contribution >= 0.6 is 15.9 Å². The number of nitrogen functional groups attached to an aromatic ring is 2. The molecule has 0 fully saturated rings. The van der Waals surface area contributed by atoms with E-state index in [1.807, 2.05) is 6.07 Å². The quantitative estimate of drug-likeness (QED) is 0.199. The van der Waals surface area contributed by atoms with Gasteiger partial charge in [0.1, 0.15) is 35.1 Å². The number of ether oxygens (including phenoxy) is 1. The Balaban J connectivity index is 2.27. The molecular weight excluding hydrogens is 467 g/mol. The summed E-state index contributed by atoms with van der Waals surface area (Å²) in [5, 5.41) is 43.5. The highest BCUT2D eigenvalue weighted by Gasteiger charge is 2.32.